The first-order valence-corrected chi connectivity index (χ1v) is 12.2. The van der Waals surface area contributed by atoms with Crippen molar-refractivity contribution in [3.63, 3.8) is 0 Å². The van der Waals surface area contributed by atoms with Crippen molar-refractivity contribution in [2.24, 2.45) is 17.6 Å². The van der Waals surface area contributed by atoms with E-state index in [2.05, 4.69) is 11.3 Å². The number of hydrogen-bond donors (Lipinski definition) is 1. The highest BCUT2D eigenvalue weighted by molar-refractivity contribution is 8.47. The van der Waals surface area contributed by atoms with Gasteiger partial charge in [-0.25, -0.2) is 9.59 Å². The molecule has 0 saturated carbocycles. The Hall–Kier alpha value is -1.25. The van der Waals surface area contributed by atoms with E-state index in [1.165, 1.54) is 19.9 Å². The van der Waals surface area contributed by atoms with Crippen molar-refractivity contribution >= 4 is 104 Å². The zero-order chi connectivity index (χ0) is 25.5. The van der Waals surface area contributed by atoms with Crippen molar-refractivity contribution in [1.29, 1.82) is 0 Å². The molecule has 1 saturated heterocycles. The Balaban J connectivity index is 3.03. The number of thioether (sulfide) groups is 2. The van der Waals surface area contributed by atoms with Crippen LogP contribution in [-0.2, 0) is 33.4 Å². The van der Waals surface area contributed by atoms with Crippen molar-refractivity contribution < 1.29 is 38.2 Å². The maximum atomic E-state index is 12.7. The van der Waals surface area contributed by atoms with Crippen LogP contribution in [0.2, 0.25) is 0 Å². The molecular formula is C17H19Cl3N2O8S3. The maximum Gasteiger partial charge on any atom is 0.405 e. The third-order valence-corrected chi connectivity index (χ3v) is 6.90. The van der Waals surface area contributed by atoms with Crippen molar-refractivity contribution in [3.8, 4) is 0 Å². The number of nitrogens with zero attached hydrogens (tertiary/aromatic N) is 1. The van der Waals surface area contributed by atoms with Crippen LogP contribution in [0.3, 0.4) is 0 Å². The van der Waals surface area contributed by atoms with E-state index in [-0.39, 0.29) is 10.1 Å². The quantitative estimate of drug-likeness (QED) is 0.0660. The molecule has 1 rings (SSSR count). The average molecular weight is 582 g/mol. The molecule has 1 aliphatic rings. The number of hydrogen-bond acceptors (Lipinski definition) is 11. The highest BCUT2D eigenvalue weighted by Gasteiger charge is 2.57. The van der Waals surface area contributed by atoms with Gasteiger partial charge in [0, 0.05) is 0 Å². The van der Waals surface area contributed by atoms with Gasteiger partial charge >= 0.3 is 23.9 Å². The summed E-state index contributed by atoms with van der Waals surface area (Å²) in [5.74, 6) is -6.40. The summed E-state index contributed by atoms with van der Waals surface area (Å²) in [4.78, 5) is 61.1. The van der Waals surface area contributed by atoms with Gasteiger partial charge in [0.2, 0.25) is 9.70 Å². The minimum atomic E-state index is -1.86. The fourth-order valence-corrected chi connectivity index (χ4v) is 5.67. The number of nitrogens with two attached hydrogens (primary N) is 1. The molecule has 33 heavy (non-hydrogen) atoms. The number of likely N-dealkylation sites (tertiary alicyclic amines) is 1. The smallest absolute Gasteiger partial charge is 0.405 e. The standard InChI is InChI=1S/C17H19Cl3N2O8S3/c1-4-5-28-14(26)11(24)22-10(23)9(7(2)13(25)29-6-17(18,19)20)12(22)33-16(31)32-8(3)30-15(21)27/h4,7-9,12H,1,5-6H2,2-3H3,(H2,21,27). The predicted molar refractivity (Wildman–Crippen MR) is 129 cm³/mol. The molecule has 4 atom stereocenters. The molecule has 1 heterocycles. The van der Waals surface area contributed by atoms with Crippen LogP contribution in [0, 0.1) is 11.8 Å². The summed E-state index contributed by atoms with van der Waals surface area (Å²) in [7, 11) is 0. The number of esters is 2. The first-order chi connectivity index (χ1) is 15.2. The Morgan fingerprint density at radius 2 is 1.88 bits per heavy atom. The van der Waals surface area contributed by atoms with E-state index in [4.69, 9.17) is 62.2 Å². The molecule has 0 bridgehead atoms. The van der Waals surface area contributed by atoms with Crippen LogP contribution in [0.25, 0.3) is 0 Å². The number of alkyl halides is 3. The zero-order valence-corrected chi connectivity index (χ0v) is 21.9. The molecule has 2 N–H and O–H groups in total. The monoisotopic (exact) mass is 580 g/mol. The summed E-state index contributed by atoms with van der Waals surface area (Å²) in [6.07, 6.45) is 0.221. The van der Waals surface area contributed by atoms with Gasteiger partial charge in [-0.1, -0.05) is 90.1 Å². The first-order valence-electron chi connectivity index (χ1n) is 8.91. The van der Waals surface area contributed by atoms with E-state index >= 15 is 0 Å². The van der Waals surface area contributed by atoms with Crippen LogP contribution in [0.4, 0.5) is 4.79 Å². The predicted octanol–water partition coefficient (Wildman–Crippen LogP) is 2.77. The van der Waals surface area contributed by atoms with E-state index in [1.807, 2.05) is 0 Å². The lowest BCUT2D eigenvalue weighted by molar-refractivity contribution is -0.176. The minimum Gasteiger partial charge on any atom is -0.461 e. The summed E-state index contributed by atoms with van der Waals surface area (Å²) >= 11 is 23.7. The molecule has 4 unspecified atom stereocenters. The summed E-state index contributed by atoms with van der Waals surface area (Å²) in [6.45, 7) is 5.43. The lowest BCUT2D eigenvalue weighted by atomic mass is 9.85. The molecular weight excluding hydrogens is 563 g/mol. The Labute approximate surface area is 218 Å². The normalized spacial score (nSPS) is 19.5. The SMILES string of the molecule is C=CCOC(=O)C(=O)N1C(=O)C(C(C)C(=O)OCC(Cl)(Cl)Cl)C1SC(=S)SC(C)OC(N)=O. The maximum absolute atomic E-state index is 12.7. The van der Waals surface area contributed by atoms with Gasteiger partial charge in [-0.2, -0.15) is 0 Å². The number of β-lactam (4-membered cyclic amide) rings is 1. The second-order valence-electron chi connectivity index (χ2n) is 6.32. The topological polar surface area (TPSA) is 142 Å². The minimum absolute atomic E-state index is 0.144. The molecule has 0 spiro atoms. The molecule has 16 heteroatoms. The zero-order valence-electron chi connectivity index (χ0n) is 17.2. The Kier molecular flexibility index (Phi) is 11.7. The number of halogens is 3. The van der Waals surface area contributed by atoms with Crippen LogP contribution in [-0.4, -0.2) is 66.1 Å². The van der Waals surface area contributed by atoms with Gasteiger partial charge in [-0.05, 0) is 6.92 Å². The number of ether oxygens (including phenoxy) is 3. The van der Waals surface area contributed by atoms with Crippen LogP contribution in [0.15, 0.2) is 12.7 Å². The Bertz CT molecular complexity index is 839. The van der Waals surface area contributed by atoms with Gasteiger partial charge in [-0.3, -0.25) is 19.3 Å². The highest BCUT2D eigenvalue weighted by atomic mass is 35.6. The molecule has 0 aromatic heterocycles. The molecule has 1 aliphatic heterocycles. The lowest BCUT2D eigenvalue weighted by Crippen LogP contribution is -2.66. The third-order valence-electron chi connectivity index (χ3n) is 3.86. The van der Waals surface area contributed by atoms with Gasteiger partial charge in [0.1, 0.15) is 22.1 Å². The van der Waals surface area contributed by atoms with E-state index in [1.54, 1.807) is 0 Å². The van der Waals surface area contributed by atoms with E-state index in [0.717, 1.165) is 23.5 Å². The van der Waals surface area contributed by atoms with Gasteiger partial charge in [-0.15, -0.1) is 0 Å². The van der Waals surface area contributed by atoms with E-state index < -0.39 is 62.9 Å². The van der Waals surface area contributed by atoms with Crippen molar-refractivity contribution in [1.82, 2.24) is 4.90 Å². The van der Waals surface area contributed by atoms with E-state index in [0.29, 0.717) is 4.90 Å². The molecule has 10 nitrogen and oxygen atoms in total. The molecule has 3 amide bonds. The average Bonchev–Trinajstić information content (AvgIpc) is 2.68. The van der Waals surface area contributed by atoms with Gasteiger partial charge in [0.05, 0.1) is 11.8 Å². The number of carbonyl (C=O) groups is 5. The largest absolute Gasteiger partial charge is 0.461 e. The number of rotatable bonds is 8. The fourth-order valence-electron chi connectivity index (χ4n) is 2.46. The lowest BCUT2D eigenvalue weighted by Gasteiger charge is -2.46. The van der Waals surface area contributed by atoms with Crippen molar-refractivity contribution in [3.05, 3.63) is 12.7 Å². The summed E-state index contributed by atoms with van der Waals surface area (Å²) < 4.78 is 12.7. The van der Waals surface area contributed by atoms with Crippen LogP contribution in [0.5, 0.6) is 0 Å². The van der Waals surface area contributed by atoms with Gasteiger partial charge in [0.25, 0.3) is 0 Å². The van der Waals surface area contributed by atoms with Gasteiger partial charge < -0.3 is 19.9 Å². The molecule has 0 aromatic carbocycles. The van der Waals surface area contributed by atoms with Crippen LogP contribution >= 0.6 is 70.5 Å². The summed E-state index contributed by atoms with van der Waals surface area (Å²) in [6, 6.07) is 0. The number of amides is 3. The summed E-state index contributed by atoms with van der Waals surface area (Å²) in [5, 5.41) is -1.06. The van der Waals surface area contributed by atoms with Crippen molar-refractivity contribution in [2.75, 3.05) is 13.2 Å². The van der Waals surface area contributed by atoms with E-state index in [9.17, 15) is 24.0 Å². The van der Waals surface area contributed by atoms with Crippen LogP contribution < -0.4 is 5.73 Å². The number of imide groups is 1. The summed E-state index contributed by atoms with van der Waals surface area (Å²) in [5.41, 5.74) is 4.18. The molecule has 0 radical (unpaired) electrons. The number of carbonyl (C=O) groups excluding carboxylic acids is 5. The second-order valence-corrected chi connectivity index (χ2v) is 12.5. The van der Waals surface area contributed by atoms with Gasteiger partial charge in [0.15, 0.2) is 5.44 Å². The molecule has 1 fully saturated rings. The Morgan fingerprint density at radius 1 is 1.27 bits per heavy atom. The van der Waals surface area contributed by atoms with Crippen LogP contribution in [0.1, 0.15) is 13.8 Å². The molecule has 0 aliphatic carbocycles. The third kappa shape index (κ3) is 9.13. The second kappa shape index (κ2) is 13.0. The molecule has 184 valence electrons. The first kappa shape index (κ1) is 29.8. The fraction of sp³-hybridized carbons (Fsp3) is 0.529. The Morgan fingerprint density at radius 3 is 2.39 bits per heavy atom. The number of primary amides is 1. The highest BCUT2D eigenvalue weighted by Crippen LogP contribution is 2.43. The number of thiocarbonyl (C=S) groups is 1. The molecule has 0 aromatic rings. The van der Waals surface area contributed by atoms with Crippen molar-refractivity contribution in [2.45, 2.75) is 28.4 Å².